The molecule has 4 nitrogen and oxygen atoms in total. The SMILES string of the molecule is CCC(N)Cc1ccc(OCC(C)OC)c(OC)c1. The van der Waals surface area contributed by atoms with Gasteiger partial charge in [-0.2, -0.15) is 0 Å². The molecule has 0 fully saturated rings. The minimum Gasteiger partial charge on any atom is -0.493 e. The molecule has 0 spiro atoms. The molecule has 0 aliphatic heterocycles. The van der Waals surface area contributed by atoms with Crippen LogP contribution in [0.25, 0.3) is 0 Å². The minimum absolute atomic E-state index is 0.0536. The molecular formula is C15H25NO3. The fourth-order valence-corrected chi connectivity index (χ4v) is 1.68. The first kappa shape index (κ1) is 15.8. The van der Waals surface area contributed by atoms with Gasteiger partial charge in [-0.15, -0.1) is 0 Å². The fourth-order valence-electron chi connectivity index (χ4n) is 1.68. The predicted molar refractivity (Wildman–Crippen MR) is 76.9 cm³/mol. The standard InChI is InChI=1S/C15H25NO3/c1-5-13(16)8-12-6-7-14(15(9-12)18-4)19-10-11(2)17-3/h6-7,9,11,13H,5,8,10,16H2,1-4H3. The van der Waals surface area contributed by atoms with Crippen molar-refractivity contribution in [3.63, 3.8) is 0 Å². The lowest BCUT2D eigenvalue weighted by atomic mass is 10.0. The van der Waals surface area contributed by atoms with E-state index in [0.717, 1.165) is 24.3 Å². The number of ether oxygens (including phenoxy) is 3. The largest absolute Gasteiger partial charge is 0.493 e. The molecule has 19 heavy (non-hydrogen) atoms. The molecular weight excluding hydrogens is 242 g/mol. The second-order valence-electron chi connectivity index (χ2n) is 4.71. The monoisotopic (exact) mass is 267 g/mol. The zero-order valence-electron chi connectivity index (χ0n) is 12.3. The molecule has 1 rings (SSSR count). The van der Waals surface area contributed by atoms with E-state index in [0.29, 0.717) is 6.61 Å². The third-order valence-electron chi connectivity index (χ3n) is 3.13. The van der Waals surface area contributed by atoms with Gasteiger partial charge in [0.25, 0.3) is 0 Å². The van der Waals surface area contributed by atoms with E-state index in [1.807, 2.05) is 25.1 Å². The second kappa shape index (κ2) is 8.02. The first-order chi connectivity index (χ1) is 9.10. The second-order valence-corrected chi connectivity index (χ2v) is 4.71. The molecule has 0 heterocycles. The highest BCUT2D eigenvalue weighted by Gasteiger charge is 2.09. The Balaban J connectivity index is 2.72. The normalized spacial score (nSPS) is 13.9. The first-order valence-electron chi connectivity index (χ1n) is 6.68. The molecule has 2 N–H and O–H groups in total. The van der Waals surface area contributed by atoms with Crippen molar-refractivity contribution in [3.8, 4) is 11.5 Å². The van der Waals surface area contributed by atoms with Crippen LogP contribution in [-0.4, -0.2) is 33.0 Å². The summed E-state index contributed by atoms with van der Waals surface area (Å²) < 4.78 is 16.2. The van der Waals surface area contributed by atoms with Crippen molar-refractivity contribution < 1.29 is 14.2 Å². The molecule has 2 unspecified atom stereocenters. The topological polar surface area (TPSA) is 53.7 Å². The minimum atomic E-state index is 0.0536. The maximum Gasteiger partial charge on any atom is 0.161 e. The lowest BCUT2D eigenvalue weighted by Crippen LogP contribution is -2.21. The van der Waals surface area contributed by atoms with Crippen LogP contribution in [0, 0.1) is 0 Å². The van der Waals surface area contributed by atoms with Crippen LogP contribution in [0.5, 0.6) is 11.5 Å². The predicted octanol–water partition coefficient (Wildman–Crippen LogP) is 2.39. The van der Waals surface area contributed by atoms with Gasteiger partial charge in [0, 0.05) is 13.2 Å². The van der Waals surface area contributed by atoms with Crippen LogP contribution in [0.2, 0.25) is 0 Å². The van der Waals surface area contributed by atoms with Gasteiger partial charge in [0.1, 0.15) is 6.61 Å². The van der Waals surface area contributed by atoms with E-state index in [1.54, 1.807) is 14.2 Å². The molecule has 2 atom stereocenters. The van der Waals surface area contributed by atoms with Crippen molar-refractivity contribution in [1.29, 1.82) is 0 Å². The average Bonchev–Trinajstić information content (AvgIpc) is 2.44. The summed E-state index contributed by atoms with van der Waals surface area (Å²) in [5, 5.41) is 0. The van der Waals surface area contributed by atoms with E-state index in [4.69, 9.17) is 19.9 Å². The summed E-state index contributed by atoms with van der Waals surface area (Å²) in [4.78, 5) is 0. The number of methoxy groups -OCH3 is 2. The molecule has 108 valence electrons. The molecule has 0 saturated carbocycles. The zero-order chi connectivity index (χ0) is 14.3. The maximum atomic E-state index is 5.96. The zero-order valence-corrected chi connectivity index (χ0v) is 12.3. The molecule has 1 aromatic carbocycles. The lowest BCUT2D eigenvalue weighted by molar-refractivity contribution is 0.0706. The van der Waals surface area contributed by atoms with Gasteiger partial charge in [0.2, 0.25) is 0 Å². The number of hydrogen-bond acceptors (Lipinski definition) is 4. The van der Waals surface area contributed by atoms with Gasteiger partial charge >= 0.3 is 0 Å². The van der Waals surface area contributed by atoms with Crippen LogP contribution in [0.3, 0.4) is 0 Å². The Morgan fingerprint density at radius 2 is 1.95 bits per heavy atom. The van der Waals surface area contributed by atoms with E-state index in [9.17, 15) is 0 Å². The molecule has 0 amide bonds. The summed E-state index contributed by atoms with van der Waals surface area (Å²) >= 11 is 0. The van der Waals surface area contributed by atoms with Crippen LogP contribution >= 0.6 is 0 Å². The molecule has 0 bridgehead atoms. The molecule has 0 aliphatic carbocycles. The van der Waals surface area contributed by atoms with Crippen molar-refractivity contribution in [3.05, 3.63) is 23.8 Å². The summed E-state index contributed by atoms with van der Waals surface area (Å²) in [5.74, 6) is 1.48. The van der Waals surface area contributed by atoms with Crippen LogP contribution in [0.4, 0.5) is 0 Å². The van der Waals surface area contributed by atoms with E-state index in [-0.39, 0.29) is 12.1 Å². The summed E-state index contributed by atoms with van der Waals surface area (Å²) in [6.45, 7) is 4.55. The Bertz CT molecular complexity index is 382. The smallest absolute Gasteiger partial charge is 0.161 e. The summed E-state index contributed by atoms with van der Waals surface area (Å²) in [7, 11) is 3.31. The quantitative estimate of drug-likeness (QED) is 0.785. The van der Waals surface area contributed by atoms with E-state index < -0.39 is 0 Å². The Kier molecular flexibility index (Phi) is 6.67. The van der Waals surface area contributed by atoms with Crippen LogP contribution < -0.4 is 15.2 Å². The third kappa shape index (κ3) is 5.09. The molecule has 0 aromatic heterocycles. The number of rotatable bonds is 8. The summed E-state index contributed by atoms with van der Waals surface area (Å²) in [6, 6.07) is 6.14. The lowest BCUT2D eigenvalue weighted by Gasteiger charge is -2.15. The average molecular weight is 267 g/mol. The molecule has 0 aliphatic rings. The maximum absolute atomic E-state index is 5.96. The number of hydrogen-bond donors (Lipinski definition) is 1. The van der Waals surface area contributed by atoms with Gasteiger partial charge in [-0.25, -0.2) is 0 Å². The van der Waals surface area contributed by atoms with Gasteiger partial charge in [0.05, 0.1) is 13.2 Å². The van der Waals surface area contributed by atoms with Crippen molar-refractivity contribution >= 4 is 0 Å². The van der Waals surface area contributed by atoms with E-state index >= 15 is 0 Å². The Labute approximate surface area is 115 Å². The van der Waals surface area contributed by atoms with Crippen molar-refractivity contribution in [2.75, 3.05) is 20.8 Å². The van der Waals surface area contributed by atoms with Crippen LogP contribution in [0.15, 0.2) is 18.2 Å². The fraction of sp³-hybridized carbons (Fsp3) is 0.600. The van der Waals surface area contributed by atoms with Gasteiger partial charge in [0.15, 0.2) is 11.5 Å². The Morgan fingerprint density at radius 3 is 2.53 bits per heavy atom. The van der Waals surface area contributed by atoms with Crippen molar-refractivity contribution in [2.45, 2.75) is 38.8 Å². The highest BCUT2D eigenvalue weighted by Crippen LogP contribution is 2.28. The van der Waals surface area contributed by atoms with Crippen LogP contribution in [-0.2, 0) is 11.2 Å². The van der Waals surface area contributed by atoms with Gasteiger partial charge in [-0.05, 0) is 37.5 Å². The Hall–Kier alpha value is -1.26. The van der Waals surface area contributed by atoms with Crippen molar-refractivity contribution in [1.82, 2.24) is 0 Å². The Morgan fingerprint density at radius 1 is 1.21 bits per heavy atom. The van der Waals surface area contributed by atoms with Gasteiger partial charge in [-0.1, -0.05) is 13.0 Å². The highest BCUT2D eigenvalue weighted by molar-refractivity contribution is 5.43. The van der Waals surface area contributed by atoms with E-state index in [1.165, 1.54) is 5.56 Å². The number of nitrogens with two attached hydrogens (primary N) is 1. The van der Waals surface area contributed by atoms with E-state index in [2.05, 4.69) is 6.92 Å². The van der Waals surface area contributed by atoms with Gasteiger partial charge < -0.3 is 19.9 Å². The van der Waals surface area contributed by atoms with Crippen LogP contribution in [0.1, 0.15) is 25.8 Å². The van der Waals surface area contributed by atoms with Crippen molar-refractivity contribution in [2.24, 2.45) is 5.73 Å². The highest BCUT2D eigenvalue weighted by atomic mass is 16.5. The first-order valence-corrected chi connectivity index (χ1v) is 6.68. The third-order valence-corrected chi connectivity index (χ3v) is 3.13. The summed E-state index contributed by atoms with van der Waals surface area (Å²) in [5.41, 5.74) is 7.13. The molecule has 0 radical (unpaired) electrons. The van der Waals surface area contributed by atoms with Gasteiger partial charge in [-0.3, -0.25) is 0 Å². The molecule has 1 aromatic rings. The molecule has 4 heteroatoms. The summed E-state index contributed by atoms with van der Waals surface area (Å²) in [6.07, 6.45) is 1.87. The number of benzene rings is 1. The molecule has 0 saturated heterocycles.